The molecule has 0 aliphatic carbocycles. The topological polar surface area (TPSA) is 70.2 Å². The molecule has 3 aromatic rings. The van der Waals surface area contributed by atoms with Crippen LogP contribution in [0.3, 0.4) is 0 Å². The molecule has 0 bridgehead atoms. The van der Waals surface area contributed by atoms with Crippen LogP contribution in [0.25, 0.3) is 0 Å². The van der Waals surface area contributed by atoms with E-state index < -0.39 is 6.04 Å². The van der Waals surface area contributed by atoms with E-state index in [2.05, 4.69) is 16.2 Å². The van der Waals surface area contributed by atoms with Crippen LogP contribution < -0.4 is 16.2 Å². The molecule has 0 spiro atoms. The molecule has 5 nitrogen and oxygen atoms in total. The van der Waals surface area contributed by atoms with Gasteiger partial charge >= 0.3 is 0 Å². The van der Waals surface area contributed by atoms with Gasteiger partial charge in [-0.25, -0.2) is 5.43 Å². The number of para-hydroxylation sites is 1. The fourth-order valence-corrected chi connectivity index (χ4v) is 2.48. The molecular weight excluding hydrogens is 326 g/mol. The van der Waals surface area contributed by atoms with Gasteiger partial charge in [0.2, 0.25) is 5.91 Å². The minimum Gasteiger partial charge on any atom is -0.324 e. The van der Waals surface area contributed by atoms with Crippen LogP contribution >= 0.6 is 0 Å². The summed E-state index contributed by atoms with van der Waals surface area (Å²) >= 11 is 0. The molecule has 0 aromatic heterocycles. The number of carbonyl (C=O) groups is 2. The van der Waals surface area contributed by atoms with Gasteiger partial charge in [-0.1, -0.05) is 66.7 Å². The molecule has 3 aromatic carbocycles. The fraction of sp³-hybridized carbons (Fsp3) is 0.0476. The summed E-state index contributed by atoms with van der Waals surface area (Å²) in [5.74, 6) is -0.574. The Kier molecular flexibility index (Phi) is 5.75. The molecule has 3 N–H and O–H groups in total. The van der Waals surface area contributed by atoms with Crippen LogP contribution in [0, 0.1) is 0 Å². The average molecular weight is 345 g/mol. The highest BCUT2D eigenvalue weighted by molar-refractivity contribution is 5.97. The summed E-state index contributed by atoms with van der Waals surface area (Å²) in [6.07, 6.45) is 0. The maximum absolute atomic E-state index is 12.7. The Morgan fingerprint density at radius 2 is 1.23 bits per heavy atom. The first kappa shape index (κ1) is 17.4. The smallest absolute Gasteiger partial charge is 0.265 e. The van der Waals surface area contributed by atoms with Crippen molar-refractivity contribution in [1.29, 1.82) is 0 Å². The number of rotatable bonds is 6. The molecule has 0 unspecified atom stereocenters. The second kappa shape index (κ2) is 8.60. The lowest BCUT2D eigenvalue weighted by Gasteiger charge is -2.19. The standard InChI is InChI=1S/C21H19N3O2/c25-20(17-12-6-2-7-13-17)24-23-19(16-10-4-1-5-11-16)21(26)22-18-14-8-3-9-15-18/h1-15,19,23H,(H,22,26)(H,24,25)/t19-/m0/s1. The van der Waals surface area contributed by atoms with E-state index in [1.165, 1.54) is 0 Å². The van der Waals surface area contributed by atoms with E-state index in [0.717, 1.165) is 5.56 Å². The first-order valence-electron chi connectivity index (χ1n) is 8.26. The van der Waals surface area contributed by atoms with Crippen LogP contribution in [0.4, 0.5) is 5.69 Å². The van der Waals surface area contributed by atoms with Crippen LogP contribution in [0.5, 0.6) is 0 Å². The summed E-state index contributed by atoms with van der Waals surface area (Å²) in [5, 5.41) is 2.85. The van der Waals surface area contributed by atoms with E-state index in [4.69, 9.17) is 0 Å². The number of hydrazine groups is 1. The Labute approximate surface area is 152 Å². The van der Waals surface area contributed by atoms with Crippen LogP contribution in [0.2, 0.25) is 0 Å². The normalized spacial score (nSPS) is 11.4. The fourth-order valence-electron chi connectivity index (χ4n) is 2.48. The van der Waals surface area contributed by atoms with Crippen molar-refractivity contribution < 1.29 is 9.59 Å². The summed E-state index contributed by atoms with van der Waals surface area (Å²) in [7, 11) is 0. The van der Waals surface area contributed by atoms with Crippen molar-refractivity contribution in [3.8, 4) is 0 Å². The first-order chi connectivity index (χ1) is 12.7. The van der Waals surface area contributed by atoms with E-state index in [-0.39, 0.29) is 11.8 Å². The second-order valence-electron chi connectivity index (χ2n) is 5.66. The quantitative estimate of drug-likeness (QED) is 0.600. The summed E-state index contributed by atoms with van der Waals surface area (Å²) in [6.45, 7) is 0. The highest BCUT2D eigenvalue weighted by Gasteiger charge is 2.21. The Hall–Kier alpha value is -3.44. The third-order valence-electron chi connectivity index (χ3n) is 3.80. The number of hydrogen-bond donors (Lipinski definition) is 3. The van der Waals surface area contributed by atoms with E-state index in [1.54, 1.807) is 24.3 Å². The van der Waals surface area contributed by atoms with Gasteiger partial charge in [0.15, 0.2) is 0 Å². The predicted octanol–water partition coefficient (Wildman–Crippen LogP) is 3.30. The predicted molar refractivity (Wildman–Crippen MR) is 101 cm³/mol. The van der Waals surface area contributed by atoms with Gasteiger partial charge < -0.3 is 5.32 Å². The lowest BCUT2D eigenvalue weighted by Crippen LogP contribution is -2.44. The van der Waals surface area contributed by atoms with E-state index in [1.807, 2.05) is 66.7 Å². The summed E-state index contributed by atoms with van der Waals surface area (Å²) < 4.78 is 0. The Balaban J connectivity index is 1.73. The third kappa shape index (κ3) is 4.55. The molecule has 1 atom stereocenters. The van der Waals surface area contributed by atoms with Gasteiger partial charge in [-0.3, -0.25) is 15.0 Å². The second-order valence-corrected chi connectivity index (χ2v) is 5.66. The largest absolute Gasteiger partial charge is 0.324 e. The number of carbonyl (C=O) groups excluding carboxylic acids is 2. The third-order valence-corrected chi connectivity index (χ3v) is 3.80. The molecular formula is C21H19N3O2. The maximum atomic E-state index is 12.7. The minimum atomic E-state index is -0.732. The van der Waals surface area contributed by atoms with Crippen LogP contribution in [0.1, 0.15) is 22.0 Å². The summed E-state index contributed by atoms with van der Waals surface area (Å²) in [4.78, 5) is 25.0. The molecule has 0 fully saturated rings. The Morgan fingerprint density at radius 1 is 0.692 bits per heavy atom. The molecule has 0 radical (unpaired) electrons. The molecule has 0 aliphatic heterocycles. The van der Waals surface area contributed by atoms with Gasteiger partial charge in [-0.05, 0) is 29.8 Å². The van der Waals surface area contributed by atoms with Gasteiger partial charge in [-0.2, -0.15) is 0 Å². The lowest BCUT2D eigenvalue weighted by molar-refractivity contribution is -0.118. The van der Waals surface area contributed by atoms with Crippen LogP contribution in [-0.2, 0) is 4.79 Å². The SMILES string of the molecule is O=C(NN[C@H](C(=O)Nc1ccccc1)c1ccccc1)c1ccccc1. The zero-order valence-electron chi connectivity index (χ0n) is 14.1. The molecule has 0 saturated heterocycles. The number of anilines is 1. The number of amides is 2. The van der Waals surface area contributed by atoms with Gasteiger partial charge in [0.1, 0.15) is 6.04 Å². The number of hydrogen-bond acceptors (Lipinski definition) is 3. The van der Waals surface area contributed by atoms with Gasteiger partial charge in [-0.15, -0.1) is 0 Å². The van der Waals surface area contributed by atoms with E-state index in [9.17, 15) is 9.59 Å². The molecule has 0 aliphatic rings. The first-order valence-corrected chi connectivity index (χ1v) is 8.26. The van der Waals surface area contributed by atoms with Crippen molar-refractivity contribution in [2.45, 2.75) is 6.04 Å². The van der Waals surface area contributed by atoms with Crippen molar-refractivity contribution >= 4 is 17.5 Å². The molecule has 26 heavy (non-hydrogen) atoms. The van der Waals surface area contributed by atoms with Crippen molar-refractivity contribution in [3.63, 3.8) is 0 Å². The molecule has 130 valence electrons. The van der Waals surface area contributed by atoms with Crippen molar-refractivity contribution in [2.75, 3.05) is 5.32 Å². The van der Waals surface area contributed by atoms with Crippen LogP contribution in [-0.4, -0.2) is 11.8 Å². The minimum absolute atomic E-state index is 0.268. The lowest BCUT2D eigenvalue weighted by atomic mass is 10.1. The highest BCUT2D eigenvalue weighted by atomic mass is 16.2. The van der Waals surface area contributed by atoms with Crippen molar-refractivity contribution in [3.05, 3.63) is 102 Å². The van der Waals surface area contributed by atoms with E-state index >= 15 is 0 Å². The zero-order chi connectivity index (χ0) is 18.2. The molecule has 0 saturated carbocycles. The highest BCUT2D eigenvalue weighted by Crippen LogP contribution is 2.15. The van der Waals surface area contributed by atoms with Crippen LogP contribution in [0.15, 0.2) is 91.0 Å². The molecule has 0 heterocycles. The summed E-state index contributed by atoms with van der Waals surface area (Å²) in [5.41, 5.74) is 7.40. The average Bonchev–Trinajstić information content (AvgIpc) is 2.70. The monoisotopic (exact) mass is 345 g/mol. The Bertz CT molecular complexity index is 852. The number of nitrogens with one attached hydrogen (secondary N) is 3. The van der Waals surface area contributed by atoms with Gasteiger partial charge in [0, 0.05) is 11.3 Å². The van der Waals surface area contributed by atoms with Gasteiger partial charge in [0.05, 0.1) is 0 Å². The van der Waals surface area contributed by atoms with Gasteiger partial charge in [0.25, 0.3) is 5.91 Å². The zero-order valence-corrected chi connectivity index (χ0v) is 14.1. The molecule has 2 amide bonds. The molecule has 5 heteroatoms. The van der Waals surface area contributed by atoms with E-state index in [0.29, 0.717) is 11.3 Å². The van der Waals surface area contributed by atoms with Crippen molar-refractivity contribution in [2.24, 2.45) is 0 Å². The Morgan fingerprint density at radius 3 is 1.85 bits per heavy atom. The summed E-state index contributed by atoms with van der Waals surface area (Å²) in [6, 6.07) is 26.5. The molecule has 3 rings (SSSR count). The van der Waals surface area contributed by atoms with Crippen molar-refractivity contribution in [1.82, 2.24) is 10.9 Å². The number of benzene rings is 3. The maximum Gasteiger partial charge on any atom is 0.265 e.